The van der Waals surface area contributed by atoms with E-state index in [-0.39, 0.29) is 5.82 Å². The molecule has 0 radical (unpaired) electrons. The molecule has 3 nitrogen and oxygen atoms in total. The minimum Gasteiger partial charge on any atom is -0.480 e. The standard InChI is InChI=1S/C17H24FNO2/c1-3-4-13-5-7-17(8-6-13,16(20)21)19-15-10-12(2)9-14(18)11-15/h9-11,13,19H,3-8H2,1-2H3,(H,20,21). The van der Waals surface area contributed by atoms with Crippen LogP contribution in [0.25, 0.3) is 0 Å². The van der Waals surface area contributed by atoms with Crippen LogP contribution in [0.2, 0.25) is 0 Å². The number of anilines is 1. The molecular weight excluding hydrogens is 269 g/mol. The summed E-state index contributed by atoms with van der Waals surface area (Å²) in [7, 11) is 0. The van der Waals surface area contributed by atoms with Crippen molar-refractivity contribution in [2.24, 2.45) is 5.92 Å². The molecule has 116 valence electrons. The van der Waals surface area contributed by atoms with Gasteiger partial charge in [-0.2, -0.15) is 0 Å². The number of halogens is 1. The van der Waals surface area contributed by atoms with Crippen LogP contribution in [0.4, 0.5) is 10.1 Å². The first-order valence-corrected chi connectivity index (χ1v) is 7.74. The molecule has 0 saturated heterocycles. The summed E-state index contributed by atoms with van der Waals surface area (Å²) < 4.78 is 13.5. The lowest BCUT2D eigenvalue weighted by molar-refractivity contribution is -0.143. The Morgan fingerprint density at radius 1 is 1.38 bits per heavy atom. The van der Waals surface area contributed by atoms with Crippen LogP contribution in [0.1, 0.15) is 51.0 Å². The van der Waals surface area contributed by atoms with Gasteiger partial charge in [0, 0.05) is 5.69 Å². The third kappa shape index (κ3) is 3.74. The first-order valence-electron chi connectivity index (χ1n) is 7.74. The number of carboxylic acid groups (broad SMARTS) is 1. The van der Waals surface area contributed by atoms with Crippen molar-refractivity contribution in [2.45, 2.75) is 57.9 Å². The fourth-order valence-corrected chi connectivity index (χ4v) is 3.34. The largest absolute Gasteiger partial charge is 0.480 e. The summed E-state index contributed by atoms with van der Waals surface area (Å²) in [6.45, 7) is 3.96. The van der Waals surface area contributed by atoms with Crippen LogP contribution >= 0.6 is 0 Å². The second kappa shape index (κ2) is 6.46. The van der Waals surface area contributed by atoms with Crippen LogP contribution < -0.4 is 5.32 Å². The smallest absolute Gasteiger partial charge is 0.329 e. The Morgan fingerprint density at radius 2 is 2.05 bits per heavy atom. The lowest BCUT2D eigenvalue weighted by Gasteiger charge is -2.38. The molecule has 1 aliphatic rings. The molecule has 0 amide bonds. The Labute approximate surface area is 125 Å². The summed E-state index contributed by atoms with van der Waals surface area (Å²) in [6, 6.07) is 4.61. The number of hydrogen-bond donors (Lipinski definition) is 2. The van der Waals surface area contributed by atoms with Crippen molar-refractivity contribution in [1.29, 1.82) is 0 Å². The fourth-order valence-electron chi connectivity index (χ4n) is 3.34. The minimum absolute atomic E-state index is 0.335. The monoisotopic (exact) mass is 293 g/mol. The Hall–Kier alpha value is -1.58. The molecule has 1 saturated carbocycles. The molecule has 0 atom stereocenters. The number of aliphatic carboxylic acids is 1. The second-order valence-electron chi connectivity index (χ2n) is 6.26. The number of hydrogen-bond acceptors (Lipinski definition) is 2. The Morgan fingerprint density at radius 3 is 2.57 bits per heavy atom. The van der Waals surface area contributed by atoms with E-state index in [1.54, 1.807) is 13.0 Å². The van der Waals surface area contributed by atoms with Gasteiger partial charge in [0.2, 0.25) is 0 Å². The van der Waals surface area contributed by atoms with Gasteiger partial charge < -0.3 is 10.4 Å². The summed E-state index contributed by atoms with van der Waals surface area (Å²) in [5.41, 5.74) is 0.395. The van der Waals surface area contributed by atoms with Gasteiger partial charge in [0.25, 0.3) is 0 Å². The topological polar surface area (TPSA) is 49.3 Å². The van der Waals surface area contributed by atoms with Gasteiger partial charge in [-0.25, -0.2) is 9.18 Å². The average Bonchev–Trinajstić information content (AvgIpc) is 2.40. The highest BCUT2D eigenvalue weighted by Crippen LogP contribution is 2.37. The molecule has 2 rings (SSSR count). The highest BCUT2D eigenvalue weighted by molar-refractivity contribution is 5.83. The number of nitrogens with one attached hydrogen (secondary N) is 1. The molecular formula is C17H24FNO2. The lowest BCUT2D eigenvalue weighted by atomic mass is 9.75. The van der Waals surface area contributed by atoms with Crippen LogP contribution in [0.15, 0.2) is 18.2 Å². The van der Waals surface area contributed by atoms with Crippen LogP contribution in [-0.4, -0.2) is 16.6 Å². The van der Waals surface area contributed by atoms with Gasteiger partial charge in [-0.15, -0.1) is 0 Å². The maximum Gasteiger partial charge on any atom is 0.329 e. The quantitative estimate of drug-likeness (QED) is 0.848. The Kier molecular flexibility index (Phi) is 4.86. The van der Waals surface area contributed by atoms with Crippen LogP contribution in [0.3, 0.4) is 0 Å². The van der Waals surface area contributed by atoms with Crippen molar-refractivity contribution >= 4 is 11.7 Å². The predicted molar refractivity (Wildman–Crippen MR) is 82.0 cm³/mol. The second-order valence-corrected chi connectivity index (χ2v) is 6.26. The van der Waals surface area contributed by atoms with Gasteiger partial charge in [0.05, 0.1) is 0 Å². The third-order valence-corrected chi connectivity index (χ3v) is 4.49. The molecule has 1 fully saturated rings. The van der Waals surface area contributed by atoms with Gasteiger partial charge in [-0.3, -0.25) is 0 Å². The maximum atomic E-state index is 13.5. The molecule has 0 bridgehead atoms. The number of carboxylic acids is 1. The normalized spacial score (nSPS) is 25.6. The number of carbonyl (C=O) groups is 1. The van der Waals surface area contributed by atoms with Crippen molar-refractivity contribution in [3.63, 3.8) is 0 Å². The SMILES string of the molecule is CCCC1CCC(Nc2cc(C)cc(F)c2)(C(=O)O)CC1. The van der Waals surface area contributed by atoms with Crippen molar-refractivity contribution < 1.29 is 14.3 Å². The zero-order valence-electron chi connectivity index (χ0n) is 12.8. The zero-order valence-corrected chi connectivity index (χ0v) is 12.8. The predicted octanol–water partition coefficient (Wildman–Crippen LogP) is 4.36. The summed E-state index contributed by atoms with van der Waals surface area (Å²) in [5.74, 6) is -0.546. The number of aryl methyl sites for hydroxylation is 1. The minimum atomic E-state index is -0.954. The zero-order chi connectivity index (χ0) is 15.5. The van der Waals surface area contributed by atoms with Gasteiger partial charge in [-0.05, 0) is 62.3 Å². The lowest BCUT2D eigenvalue weighted by Crippen LogP contribution is -2.49. The van der Waals surface area contributed by atoms with E-state index in [2.05, 4.69) is 12.2 Å². The van der Waals surface area contributed by atoms with E-state index >= 15 is 0 Å². The third-order valence-electron chi connectivity index (χ3n) is 4.49. The summed E-state index contributed by atoms with van der Waals surface area (Å²) in [6.07, 6.45) is 5.34. The van der Waals surface area contributed by atoms with Crippen molar-refractivity contribution in [3.8, 4) is 0 Å². The van der Waals surface area contributed by atoms with Gasteiger partial charge in [-0.1, -0.05) is 19.8 Å². The van der Waals surface area contributed by atoms with E-state index in [0.29, 0.717) is 24.4 Å². The Balaban J connectivity index is 2.14. The van der Waals surface area contributed by atoms with Gasteiger partial charge in [0.1, 0.15) is 11.4 Å². The van der Waals surface area contributed by atoms with Crippen molar-refractivity contribution in [2.75, 3.05) is 5.32 Å². The summed E-state index contributed by atoms with van der Waals surface area (Å²) in [4.78, 5) is 11.8. The van der Waals surface area contributed by atoms with E-state index in [0.717, 1.165) is 31.2 Å². The number of benzene rings is 1. The van der Waals surface area contributed by atoms with E-state index in [1.165, 1.54) is 12.1 Å². The molecule has 21 heavy (non-hydrogen) atoms. The molecule has 2 N–H and O–H groups in total. The maximum absolute atomic E-state index is 13.5. The van der Waals surface area contributed by atoms with Crippen LogP contribution in [0.5, 0.6) is 0 Å². The van der Waals surface area contributed by atoms with E-state index < -0.39 is 11.5 Å². The molecule has 1 aromatic carbocycles. The summed E-state index contributed by atoms with van der Waals surface area (Å²) >= 11 is 0. The molecule has 0 aliphatic heterocycles. The molecule has 1 aliphatic carbocycles. The average molecular weight is 293 g/mol. The summed E-state index contributed by atoms with van der Waals surface area (Å²) in [5, 5.41) is 12.7. The molecule has 0 heterocycles. The molecule has 1 aromatic rings. The van der Waals surface area contributed by atoms with Gasteiger partial charge >= 0.3 is 5.97 Å². The molecule has 0 aromatic heterocycles. The fraction of sp³-hybridized carbons (Fsp3) is 0.588. The van der Waals surface area contributed by atoms with Crippen LogP contribution in [-0.2, 0) is 4.79 Å². The Bertz CT molecular complexity index is 487. The molecule has 0 unspecified atom stereocenters. The first kappa shape index (κ1) is 15.8. The number of rotatable bonds is 5. The molecule has 4 heteroatoms. The highest BCUT2D eigenvalue weighted by Gasteiger charge is 2.41. The van der Waals surface area contributed by atoms with E-state index in [4.69, 9.17) is 0 Å². The van der Waals surface area contributed by atoms with Gasteiger partial charge in [0.15, 0.2) is 0 Å². The van der Waals surface area contributed by atoms with Crippen LogP contribution in [0, 0.1) is 18.7 Å². The molecule has 0 spiro atoms. The van der Waals surface area contributed by atoms with E-state index in [1.807, 2.05) is 0 Å². The van der Waals surface area contributed by atoms with Crippen molar-refractivity contribution in [1.82, 2.24) is 0 Å². The van der Waals surface area contributed by atoms with E-state index in [9.17, 15) is 14.3 Å². The highest BCUT2D eigenvalue weighted by atomic mass is 19.1. The van der Waals surface area contributed by atoms with Crippen molar-refractivity contribution in [3.05, 3.63) is 29.6 Å². The first-order chi connectivity index (χ1) is 9.95.